The summed E-state index contributed by atoms with van der Waals surface area (Å²) in [5.41, 5.74) is 3.22. The van der Waals surface area contributed by atoms with E-state index in [1.54, 1.807) is 12.1 Å². The summed E-state index contributed by atoms with van der Waals surface area (Å²) in [7, 11) is 0. The molecular formula is C9H11FN2O. The number of carbonyl (C=O) groups is 1. The standard InChI is InChI=1S/C9H11FN2O/c10-8-3-1-7(2-4-8)5-9(6-13)12-11/h1-4,6,9,12H,5,11H2. The fraction of sp³-hybridized carbons (Fsp3) is 0.222. The topological polar surface area (TPSA) is 55.1 Å². The van der Waals surface area contributed by atoms with Crippen molar-refractivity contribution in [1.82, 2.24) is 5.43 Å². The summed E-state index contributed by atoms with van der Waals surface area (Å²) in [4.78, 5) is 10.4. The number of rotatable bonds is 4. The summed E-state index contributed by atoms with van der Waals surface area (Å²) in [6.07, 6.45) is 1.20. The zero-order valence-electron chi connectivity index (χ0n) is 7.03. The van der Waals surface area contributed by atoms with Crippen LogP contribution in [0.3, 0.4) is 0 Å². The Morgan fingerprint density at radius 2 is 2.08 bits per heavy atom. The van der Waals surface area contributed by atoms with E-state index < -0.39 is 6.04 Å². The largest absolute Gasteiger partial charge is 0.302 e. The lowest BCUT2D eigenvalue weighted by Gasteiger charge is -2.07. The van der Waals surface area contributed by atoms with Gasteiger partial charge in [0.05, 0.1) is 6.04 Å². The Labute approximate surface area is 75.7 Å². The third kappa shape index (κ3) is 2.93. The Morgan fingerprint density at radius 1 is 1.46 bits per heavy atom. The molecule has 0 spiro atoms. The molecule has 13 heavy (non-hydrogen) atoms. The third-order valence-electron chi connectivity index (χ3n) is 1.75. The molecule has 1 atom stereocenters. The van der Waals surface area contributed by atoms with Crippen LogP contribution in [-0.2, 0) is 11.2 Å². The third-order valence-corrected chi connectivity index (χ3v) is 1.75. The van der Waals surface area contributed by atoms with E-state index in [1.807, 2.05) is 0 Å². The lowest BCUT2D eigenvalue weighted by atomic mass is 10.1. The van der Waals surface area contributed by atoms with Crippen molar-refractivity contribution >= 4 is 6.29 Å². The monoisotopic (exact) mass is 182 g/mol. The lowest BCUT2D eigenvalue weighted by molar-refractivity contribution is -0.109. The molecule has 1 aromatic carbocycles. The number of hydrogen-bond donors (Lipinski definition) is 2. The van der Waals surface area contributed by atoms with Crippen molar-refractivity contribution in [2.24, 2.45) is 5.84 Å². The number of halogens is 1. The van der Waals surface area contributed by atoms with Gasteiger partial charge in [-0.25, -0.2) is 9.82 Å². The van der Waals surface area contributed by atoms with Crippen molar-refractivity contribution in [2.75, 3.05) is 0 Å². The first kappa shape index (κ1) is 9.83. The predicted molar refractivity (Wildman–Crippen MR) is 47.3 cm³/mol. The van der Waals surface area contributed by atoms with Crippen LogP contribution in [0.5, 0.6) is 0 Å². The lowest BCUT2D eigenvalue weighted by Crippen LogP contribution is -2.37. The van der Waals surface area contributed by atoms with Crippen molar-refractivity contribution in [3.63, 3.8) is 0 Å². The highest BCUT2D eigenvalue weighted by Crippen LogP contribution is 2.04. The molecule has 3 nitrogen and oxygen atoms in total. The van der Waals surface area contributed by atoms with Crippen molar-refractivity contribution < 1.29 is 9.18 Å². The maximum absolute atomic E-state index is 12.5. The van der Waals surface area contributed by atoms with Gasteiger partial charge < -0.3 is 4.79 Å². The molecule has 0 aliphatic heterocycles. The summed E-state index contributed by atoms with van der Waals surface area (Å²) < 4.78 is 12.5. The summed E-state index contributed by atoms with van der Waals surface area (Å²) in [6.45, 7) is 0. The van der Waals surface area contributed by atoms with Crippen LogP contribution in [0.1, 0.15) is 5.56 Å². The van der Waals surface area contributed by atoms with Crippen LogP contribution in [0.25, 0.3) is 0 Å². The molecule has 0 radical (unpaired) electrons. The van der Waals surface area contributed by atoms with Gasteiger partial charge in [0, 0.05) is 0 Å². The van der Waals surface area contributed by atoms with Crippen molar-refractivity contribution in [1.29, 1.82) is 0 Å². The van der Waals surface area contributed by atoms with Crippen LogP contribution in [0.15, 0.2) is 24.3 Å². The van der Waals surface area contributed by atoms with Gasteiger partial charge in [-0.3, -0.25) is 5.84 Å². The van der Waals surface area contributed by atoms with Gasteiger partial charge >= 0.3 is 0 Å². The number of aldehydes is 1. The molecule has 1 rings (SSSR count). The highest BCUT2D eigenvalue weighted by atomic mass is 19.1. The van der Waals surface area contributed by atoms with Gasteiger partial charge in [0.15, 0.2) is 0 Å². The molecule has 0 bridgehead atoms. The second kappa shape index (κ2) is 4.69. The average molecular weight is 182 g/mol. The van der Waals surface area contributed by atoms with Gasteiger partial charge in [-0.05, 0) is 24.1 Å². The quantitative estimate of drug-likeness (QED) is 0.402. The smallest absolute Gasteiger partial charge is 0.138 e. The van der Waals surface area contributed by atoms with Crippen molar-refractivity contribution in [3.05, 3.63) is 35.6 Å². The molecular weight excluding hydrogens is 171 g/mol. The minimum atomic E-state index is -0.412. The number of nitrogens with one attached hydrogen (secondary N) is 1. The molecule has 1 unspecified atom stereocenters. The van der Waals surface area contributed by atoms with Crippen molar-refractivity contribution in [2.45, 2.75) is 12.5 Å². The minimum Gasteiger partial charge on any atom is -0.302 e. The molecule has 0 aromatic heterocycles. The summed E-state index contributed by atoms with van der Waals surface area (Å²) in [6, 6.07) is 5.55. The molecule has 0 aliphatic carbocycles. The molecule has 0 fully saturated rings. The zero-order valence-corrected chi connectivity index (χ0v) is 7.03. The first-order valence-electron chi connectivity index (χ1n) is 3.92. The minimum absolute atomic E-state index is 0.285. The van der Waals surface area contributed by atoms with Gasteiger partial charge in [0.2, 0.25) is 0 Å². The fourth-order valence-electron chi connectivity index (χ4n) is 1.02. The molecule has 1 aromatic rings. The molecule has 4 heteroatoms. The summed E-state index contributed by atoms with van der Waals surface area (Å²) >= 11 is 0. The maximum Gasteiger partial charge on any atom is 0.138 e. The normalized spacial score (nSPS) is 12.5. The average Bonchev–Trinajstić information content (AvgIpc) is 2.17. The van der Waals surface area contributed by atoms with Crippen LogP contribution in [0.2, 0.25) is 0 Å². The van der Waals surface area contributed by atoms with E-state index in [4.69, 9.17) is 5.84 Å². The van der Waals surface area contributed by atoms with Crippen molar-refractivity contribution in [3.8, 4) is 0 Å². The van der Waals surface area contributed by atoms with Gasteiger partial charge in [-0.15, -0.1) is 0 Å². The summed E-state index contributed by atoms with van der Waals surface area (Å²) in [5, 5.41) is 0. The molecule has 3 N–H and O–H groups in total. The first-order valence-corrected chi connectivity index (χ1v) is 3.92. The van der Waals surface area contributed by atoms with Crippen LogP contribution in [0.4, 0.5) is 4.39 Å². The molecule has 70 valence electrons. The Morgan fingerprint density at radius 3 is 2.54 bits per heavy atom. The van der Waals surface area contributed by atoms with Crippen LogP contribution >= 0.6 is 0 Å². The Kier molecular flexibility index (Phi) is 3.54. The number of hydrogen-bond acceptors (Lipinski definition) is 3. The van der Waals surface area contributed by atoms with E-state index in [0.29, 0.717) is 6.42 Å². The zero-order chi connectivity index (χ0) is 9.68. The van der Waals surface area contributed by atoms with E-state index >= 15 is 0 Å². The molecule has 0 aliphatic rings. The van der Waals surface area contributed by atoms with Gasteiger partial charge in [0.25, 0.3) is 0 Å². The van der Waals surface area contributed by atoms with Crippen LogP contribution in [-0.4, -0.2) is 12.3 Å². The van der Waals surface area contributed by atoms with E-state index in [0.717, 1.165) is 11.8 Å². The van der Waals surface area contributed by atoms with E-state index in [-0.39, 0.29) is 5.82 Å². The number of nitrogens with two attached hydrogens (primary N) is 1. The van der Waals surface area contributed by atoms with E-state index in [9.17, 15) is 9.18 Å². The van der Waals surface area contributed by atoms with Gasteiger partial charge in [-0.1, -0.05) is 12.1 Å². The Bertz CT molecular complexity index is 273. The van der Waals surface area contributed by atoms with E-state index in [2.05, 4.69) is 5.43 Å². The SMILES string of the molecule is NNC(C=O)Cc1ccc(F)cc1. The van der Waals surface area contributed by atoms with Gasteiger partial charge in [-0.2, -0.15) is 0 Å². The molecule has 0 saturated carbocycles. The Hall–Kier alpha value is -1.26. The molecule has 0 amide bonds. The second-order valence-electron chi connectivity index (χ2n) is 2.74. The molecule has 0 heterocycles. The Balaban J connectivity index is 2.63. The molecule has 0 saturated heterocycles. The van der Waals surface area contributed by atoms with E-state index in [1.165, 1.54) is 12.1 Å². The van der Waals surface area contributed by atoms with Crippen LogP contribution < -0.4 is 11.3 Å². The first-order chi connectivity index (χ1) is 6.26. The second-order valence-corrected chi connectivity index (χ2v) is 2.74. The highest BCUT2D eigenvalue weighted by molar-refractivity contribution is 5.58. The summed E-state index contributed by atoms with van der Waals surface area (Å²) in [5.74, 6) is 4.82. The van der Waals surface area contributed by atoms with Crippen LogP contribution in [0, 0.1) is 5.82 Å². The van der Waals surface area contributed by atoms with Gasteiger partial charge in [0.1, 0.15) is 12.1 Å². The fourth-order valence-corrected chi connectivity index (χ4v) is 1.02. The number of benzene rings is 1. The highest BCUT2D eigenvalue weighted by Gasteiger charge is 2.04. The predicted octanol–water partition coefficient (Wildman–Crippen LogP) is 0.399. The number of carbonyl (C=O) groups excluding carboxylic acids is 1. The maximum atomic E-state index is 12.5. The number of hydrazine groups is 1.